The maximum atomic E-state index is 6.06. The summed E-state index contributed by atoms with van der Waals surface area (Å²) >= 11 is 6.06. The normalized spacial score (nSPS) is 16.1. The van der Waals surface area contributed by atoms with Crippen molar-refractivity contribution in [1.29, 1.82) is 0 Å². The van der Waals surface area contributed by atoms with Gasteiger partial charge in [-0.05, 0) is 75.1 Å². The van der Waals surface area contributed by atoms with Crippen molar-refractivity contribution in [2.24, 2.45) is 5.92 Å². The van der Waals surface area contributed by atoms with Crippen LogP contribution >= 0.6 is 11.6 Å². The van der Waals surface area contributed by atoms with E-state index in [1.54, 1.807) is 0 Å². The van der Waals surface area contributed by atoms with Crippen LogP contribution in [0, 0.1) is 5.92 Å². The molecule has 1 saturated heterocycles. The van der Waals surface area contributed by atoms with Crippen LogP contribution in [0.15, 0.2) is 48.8 Å². The van der Waals surface area contributed by atoms with Gasteiger partial charge in [-0.1, -0.05) is 23.7 Å². The van der Waals surface area contributed by atoms with Crippen molar-refractivity contribution in [2.45, 2.75) is 19.3 Å². The highest BCUT2D eigenvalue weighted by molar-refractivity contribution is 6.30. The Hall–Kier alpha value is -2.17. The summed E-state index contributed by atoms with van der Waals surface area (Å²) in [6.07, 6.45) is 7.19. The van der Waals surface area contributed by atoms with E-state index in [1.807, 2.05) is 36.7 Å². The van der Waals surface area contributed by atoms with Crippen LogP contribution in [0.5, 0.6) is 0 Å². The lowest BCUT2D eigenvalue weighted by molar-refractivity contribution is 0.218. The number of H-pyrrole nitrogens is 1. The van der Waals surface area contributed by atoms with Gasteiger partial charge >= 0.3 is 0 Å². The van der Waals surface area contributed by atoms with Gasteiger partial charge in [0.1, 0.15) is 5.69 Å². The number of likely N-dealkylation sites (tertiary alicyclic amines) is 1. The molecule has 0 aliphatic carbocycles. The molecule has 3 heterocycles. The van der Waals surface area contributed by atoms with E-state index in [1.165, 1.54) is 37.2 Å². The highest BCUT2D eigenvalue weighted by atomic mass is 35.5. The van der Waals surface area contributed by atoms with Crippen LogP contribution in [0.2, 0.25) is 5.02 Å². The van der Waals surface area contributed by atoms with E-state index in [2.05, 4.69) is 39.3 Å². The van der Waals surface area contributed by atoms with Gasteiger partial charge < -0.3 is 4.90 Å². The van der Waals surface area contributed by atoms with Gasteiger partial charge in [-0.15, -0.1) is 0 Å². The molecule has 0 bridgehead atoms. The highest BCUT2D eigenvalue weighted by Gasteiger charge is 2.22. The van der Waals surface area contributed by atoms with E-state index >= 15 is 0 Å². The third kappa shape index (κ3) is 3.67. The first kappa shape index (κ1) is 17.3. The Bertz CT molecular complexity index is 849. The molecule has 3 aromatic rings. The molecule has 2 aromatic heterocycles. The second kappa shape index (κ2) is 7.60. The molecule has 1 aliphatic heterocycles. The smallest absolute Gasteiger partial charge is 0.100 e. The zero-order valence-electron chi connectivity index (χ0n) is 15.0. The Morgan fingerprint density at radius 3 is 2.42 bits per heavy atom. The highest BCUT2D eigenvalue weighted by Crippen LogP contribution is 2.35. The van der Waals surface area contributed by atoms with Gasteiger partial charge in [-0.3, -0.25) is 10.1 Å². The molecule has 0 unspecified atom stereocenters. The summed E-state index contributed by atoms with van der Waals surface area (Å²) in [5.74, 6) is 0.699. The first-order valence-electron chi connectivity index (χ1n) is 9.13. The molecule has 134 valence electrons. The zero-order chi connectivity index (χ0) is 17.9. The number of benzene rings is 1. The fourth-order valence-corrected chi connectivity index (χ4v) is 3.85. The van der Waals surface area contributed by atoms with Crippen LogP contribution in [-0.4, -0.2) is 40.2 Å². The van der Waals surface area contributed by atoms with Gasteiger partial charge in [0.25, 0.3) is 0 Å². The predicted molar refractivity (Wildman–Crippen MR) is 106 cm³/mol. The molecule has 26 heavy (non-hydrogen) atoms. The Morgan fingerprint density at radius 1 is 1.04 bits per heavy atom. The molecule has 0 atom stereocenters. The van der Waals surface area contributed by atoms with Gasteiger partial charge in [-0.25, -0.2) is 0 Å². The van der Waals surface area contributed by atoms with Crippen molar-refractivity contribution in [3.05, 3.63) is 59.5 Å². The molecule has 1 aromatic carbocycles. The van der Waals surface area contributed by atoms with E-state index in [-0.39, 0.29) is 0 Å². The molecule has 4 rings (SSSR count). The summed E-state index contributed by atoms with van der Waals surface area (Å²) in [4.78, 5) is 6.58. The minimum atomic E-state index is 0.699. The second-order valence-corrected chi connectivity index (χ2v) is 7.56. The number of aromatic nitrogens is 3. The van der Waals surface area contributed by atoms with Gasteiger partial charge in [-0.2, -0.15) is 5.10 Å². The number of rotatable bonds is 4. The van der Waals surface area contributed by atoms with E-state index in [0.29, 0.717) is 5.92 Å². The van der Waals surface area contributed by atoms with Crippen molar-refractivity contribution in [3.8, 4) is 22.4 Å². The van der Waals surface area contributed by atoms with Crippen molar-refractivity contribution < 1.29 is 0 Å². The lowest BCUT2D eigenvalue weighted by atomic mass is 9.89. The molecule has 0 amide bonds. The van der Waals surface area contributed by atoms with Gasteiger partial charge in [0.2, 0.25) is 0 Å². The summed E-state index contributed by atoms with van der Waals surface area (Å²) in [5.41, 5.74) is 5.62. The Kier molecular flexibility index (Phi) is 5.05. The molecule has 5 heteroatoms. The quantitative estimate of drug-likeness (QED) is 0.729. The first-order valence-corrected chi connectivity index (χ1v) is 9.50. The molecular formula is C21H23ClN4. The fraction of sp³-hybridized carbons (Fsp3) is 0.333. The largest absolute Gasteiger partial charge is 0.306 e. The number of aromatic amines is 1. The third-order valence-electron chi connectivity index (χ3n) is 5.26. The van der Waals surface area contributed by atoms with Crippen LogP contribution in [-0.2, 0) is 6.42 Å². The van der Waals surface area contributed by atoms with Gasteiger partial charge in [0.05, 0.1) is 0 Å². The number of piperidine rings is 1. The molecular weight excluding hydrogens is 344 g/mol. The minimum absolute atomic E-state index is 0.699. The van der Waals surface area contributed by atoms with Gasteiger partial charge in [0.15, 0.2) is 0 Å². The van der Waals surface area contributed by atoms with Crippen LogP contribution in [0.1, 0.15) is 18.5 Å². The Morgan fingerprint density at radius 2 is 1.73 bits per heavy atom. The summed E-state index contributed by atoms with van der Waals surface area (Å²) < 4.78 is 0. The molecule has 4 nitrogen and oxygen atoms in total. The summed E-state index contributed by atoms with van der Waals surface area (Å²) in [6.45, 7) is 2.35. The first-order chi connectivity index (χ1) is 12.7. The van der Waals surface area contributed by atoms with Crippen molar-refractivity contribution in [1.82, 2.24) is 20.1 Å². The van der Waals surface area contributed by atoms with Crippen LogP contribution in [0.3, 0.4) is 0 Å². The Labute approximate surface area is 159 Å². The fourth-order valence-electron chi connectivity index (χ4n) is 3.73. The van der Waals surface area contributed by atoms with Crippen molar-refractivity contribution in [2.75, 3.05) is 20.1 Å². The molecule has 0 saturated carbocycles. The lowest BCUT2D eigenvalue weighted by Gasteiger charge is -2.28. The second-order valence-electron chi connectivity index (χ2n) is 7.12. The topological polar surface area (TPSA) is 44.8 Å². The average molecular weight is 367 g/mol. The molecule has 0 spiro atoms. The van der Waals surface area contributed by atoms with Gasteiger partial charge in [0, 0.05) is 34.2 Å². The summed E-state index contributed by atoms with van der Waals surface area (Å²) in [5, 5.41) is 8.74. The molecule has 1 fully saturated rings. The van der Waals surface area contributed by atoms with E-state index < -0.39 is 0 Å². The molecule has 1 aliphatic rings. The monoisotopic (exact) mass is 366 g/mol. The minimum Gasteiger partial charge on any atom is -0.306 e. The van der Waals surface area contributed by atoms with E-state index in [9.17, 15) is 0 Å². The zero-order valence-corrected chi connectivity index (χ0v) is 15.7. The van der Waals surface area contributed by atoms with Crippen molar-refractivity contribution >= 4 is 11.6 Å². The number of pyridine rings is 1. The van der Waals surface area contributed by atoms with Crippen LogP contribution in [0.25, 0.3) is 22.4 Å². The lowest BCUT2D eigenvalue weighted by Crippen LogP contribution is -2.31. The van der Waals surface area contributed by atoms with E-state index in [4.69, 9.17) is 11.6 Å². The number of hydrogen-bond acceptors (Lipinski definition) is 3. The number of halogens is 1. The Balaban J connectivity index is 1.71. The average Bonchev–Trinajstić information content (AvgIpc) is 3.08. The molecule has 1 N–H and O–H groups in total. The number of nitrogens with one attached hydrogen (secondary N) is 1. The maximum Gasteiger partial charge on any atom is 0.100 e. The van der Waals surface area contributed by atoms with E-state index in [0.717, 1.165) is 28.3 Å². The predicted octanol–water partition coefficient (Wildman–Crippen LogP) is 4.68. The SMILES string of the molecule is CN1CCC(Cc2[nH]nc(-c3ccc(Cl)cc3)c2-c2ccncc2)CC1. The number of hydrogen-bond donors (Lipinski definition) is 1. The van der Waals surface area contributed by atoms with Crippen LogP contribution in [0.4, 0.5) is 0 Å². The van der Waals surface area contributed by atoms with Crippen molar-refractivity contribution in [3.63, 3.8) is 0 Å². The number of nitrogens with zero attached hydrogens (tertiary/aromatic N) is 3. The maximum absolute atomic E-state index is 6.06. The summed E-state index contributed by atoms with van der Waals surface area (Å²) in [7, 11) is 2.20. The standard InChI is InChI=1S/C21H23ClN4/c1-26-12-8-15(9-13-26)14-19-20(16-6-10-23-11-7-16)21(25-24-19)17-2-4-18(22)5-3-17/h2-7,10-11,15H,8-9,12-14H2,1H3,(H,24,25). The summed E-state index contributed by atoms with van der Waals surface area (Å²) in [6, 6.07) is 12.0. The van der Waals surface area contributed by atoms with Crippen LogP contribution < -0.4 is 0 Å². The third-order valence-corrected chi connectivity index (χ3v) is 5.51. The molecule has 0 radical (unpaired) electrons.